The maximum atomic E-state index is 12.7. The molecule has 3 rings (SSSR count). The number of hydrogen-bond acceptors (Lipinski definition) is 6. The minimum absolute atomic E-state index is 0.0679. The number of benzene rings is 3. The molecule has 0 bridgehead atoms. The van der Waals surface area contributed by atoms with Gasteiger partial charge < -0.3 is 10.1 Å². The number of carbonyl (C=O) groups is 1. The Morgan fingerprint density at radius 1 is 1.03 bits per heavy atom. The molecule has 0 aliphatic carbocycles. The van der Waals surface area contributed by atoms with Crippen molar-refractivity contribution in [3.63, 3.8) is 0 Å². The van der Waals surface area contributed by atoms with Crippen molar-refractivity contribution >= 4 is 27.3 Å². The highest BCUT2D eigenvalue weighted by atomic mass is 32.2. The first kappa shape index (κ1) is 22.8. The standard InChI is InChI=1S/C22H21N3O6S/c1-15-3-5-16(6-4-15)14-23-22(26)17-7-10-19(11-8-17)32(29,30)24-20-13-18(25(27)28)9-12-21(20)31-2/h3-13,24H,14H2,1-2H3,(H,23,26). The number of sulfonamides is 1. The molecule has 32 heavy (non-hydrogen) atoms. The lowest BCUT2D eigenvalue weighted by Gasteiger charge is -2.12. The molecule has 0 spiro atoms. The lowest BCUT2D eigenvalue weighted by Crippen LogP contribution is -2.23. The van der Waals surface area contributed by atoms with Gasteiger partial charge in [0.25, 0.3) is 21.6 Å². The molecule has 9 nitrogen and oxygen atoms in total. The van der Waals surface area contributed by atoms with E-state index in [1.54, 1.807) is 0 Å². The smallest absolute Gasteiger partial charge is 0.271 e. The number of aryl methyl sites for hydroxylation is 1. The average Bonchev–Trinajstić information content (AvgIpc) is 2.78. The van der Waals surface area contributed by atoms with Crippen LogP contribution in [0.25, 0.3) is 0 Å². The van der Waals surface area contributed by atoms with Crippen molar-refractivity contribution in [3.8, 4) is 5.75 Å². The number of nitrogens with zero attached hydrogens (tertiary/aromatic N) is 1. The van der Waals surface area contributed by atoms with Crippen LogP contribution in [-0.2, 0) is 16.6 Å². The molecule has 0 atom stereocenters. The number of methoxy groups -OCH3 is 1. The first-order valence-electron chi connectivity index (χ1n) is 9.48. The van der Waals surface area contributed by atoms with Gasteiger partial charge >= 0.3 is 0 Å². The average molecular weight is 455 g/mol. The van der Waals surface area contributed by atoms with Gasteiger partial charge in [0, 0.05) is 24.2 Å². The number of carbonyl (C=O) groups excluding carboxylic acids is 1. The normalized spacial score (nSPS) is 10.9. The van der Waals surface area contributed by atoms with E-state index in [1.807, 2.05) is 31.2 Å². The number of anilines is 1. The summed E-state index contributed by atoms with van der Waals surface area (Å²) in [6, 6.07) is 16.7. The van der Waals surface area contributed by atoms with Gasteiger partial charge in [-0.05, 0) is 42.8 Å². The molecular weight excluding hydrogens is 434 g/mol. The molecule has 0 heterocycles. The maximum absolute atomic E-state index is 12.7. The summed E-state index contributed by atoms with van der Waals surface area (Å²) in [6.45, 7) is 2.31. The van der Waals surface area contributed by atoms with E-state index in [2.05, 4.69) is 10.0 Å². The van der Waals surface area contributed by atoms with Crippen molar-refractivity contribution in [2.75, 3.05) is 11.8 Å². The molecule has 166 valence electrons. The van der Waals surface area contributed by atoms with Gasteiger partial charge in [-0.1, -0.05) is 29.8 Å². The van der Waals surface area contributed by atoms with Crippen LogP contribution in [0.1, 0.15) is 21.5 Å². The quantitative estimate of drug-likeness (QED) is 0.394. The highest BCUT2D eigenvalue weighted by Gasteiger charge is 2.20. The largest absolute Gasteiger partial charge is 0.495 e. The topological polar surface area (TPSA) is 128 Å². The monoisotopic (exact) mass is 455 g/mol. The minimum Gasteiger partial charge on any atom is -0.495 e. The SMILES string of the molecule is COc1ccc([N+](=O)[O-])cc1NS(=O)(=O)c1ccc(C(=O)NCc2ccc(C)cc2)cc1. The van der Waals surface area contributed by atoms with Gasteiger partial charge in [0.15, 0.2) is 0 Å². The van der Waals surface area contributed by atoms with Crippen LogP contribution in [0, 0.1) is 17.0 Å². The number of rotatable bonds is 8. The highest BCUT2D eigenvalue weighted by Crippen LogP contribution is 2.30. The van der Waals surface area contributed by atoms with Gasteiger partial charge in [-0.2, -0.15) is 0 Å². The fourth-order valence-electron chi connectivity index (χ4n) is 2.87. The third kappa shape index (κ3) is 5.41. The first-order valence-corrected chi connectivity index (χ1v) is 11.0. The minimum atomic E-state index is -4.07. The third-order valence-electron chi connectivity index (χ3n) is 4.64. The molecule has 0 aliphatic heterocycles. The van der Waals surface area contributed by atoms with E-state index < -0.39 is 14.9 Å². The van der Waals surface area contributed by atoms with Crippen LogP contribution in [0.2, 0.25) is 0 Å². The van der Waals surface area contributed by atoms with Crippen molar-refractivity contribution < 1.29 is 22.9 Å². The third-order valence-corrected chi connectivity index (χ3v) is 6.02. The summed E-state index contributed by atoms with van der Waals surface area (Å²) in [7, 11) is -2.75. The Morgan fingerprint density at radius 3 is 2.28 bits per heavy atom. The number of nitro benzene ring substituents is 1. The Bertz CT molecular complexity index is 1240. The number of amides is 1. The fourth-order valence-corrected chi connectivity index (χ4v) is 3.93. The van der Waals surface area contributed by atoms with E-state index in [0.29, 0.717) is 12.1 Å². The molecule has 0 unspecified atom stereocenters. The number of nitrogens with one attached hydrogen (secondary N) is 2. The number of ether oxygens (including phenoxy) is 1. The highest BCUT2D eigenvalue weighted by molar-refractivity contribution is 7.92. The Morgan fingerprint density at radius 2 is 1.69 bits per heavy atom. The van der Waals surface area contributed by atoms with Crippen LogP contribution in [-0.4, -0.2) is 26.4 Å². The lowest BCUT2D eigenvalue weighted by molar-refractivity contribution is -0.384. The summed E-state index contributed by atoms with van der Waals surface area (Å²) in [5.41, 5.74) is 2.00. The Balaban J connectivity index is 1.73. The maximum Gasteiger partial charge on any atom is 0.271 e. The zero-order valence-electron chi connectivity index (χ0n) is 17.4. The van der Waals surface area contributed by atoms with E-state index in [-0.39, 0.29) is 27.9 Å². The molecule has 0 saturated carbocycles. The zero-order valence-corrected chi connectivity index (χ0v) is 18.2. The van der Waals surface area contributed by atoms with Crippen LogP contribution in [0.5, 0.6) is 5.75 Å². The fraction of sp³-hybridized carbons (Fsp3) is 0.136. The van der Waals surface area contributed by atoms with Crippen LogP contribution >= 0.6 is 0 Å². The summed E-state index contributed by atoms with van der Waals surface area (Å²) in [5, 5.41) is 13.8. The Kier molecular flexibility index (Phi) is 6.74. The van der Waals surface area contributed by atoms with Gasteiger partial charge in [-0.25, -0.2) is 8.42 Å². The Hall–Kier alpha value is -3.92. The van der Waals surface area contributed by atoms with Crippen molar-refractivity contribution in [2.24, 2.45) is 0 Å². The number of hydrogen-bond donors (Lipinski definition) is 2. The van der Waals surface area contributed by atoms with Crippen LogP contribution in [0.15, 0.2) is 71.6 Å². The van der Waals surface area contributed by atoms with Crippen molar-refractivity contribution in [2.45, 2.75) is 18.4 Å². The summed E-state index contributed by atoms with van der Waals surface area (Å²) in [5.74, 6) is -0.214. The zero-order chi connectivity index (χ0) is 23.3. The molecular formula is C22H21N3O6S. The molecule has 0 radical (unpaired) electrons. The predicted molar refractivity (Wildman–Crippen MR) is 119 cm³/mol. The Labute approximate surface area is 185 Å². The predicted octanol–water partition coefficient (Wildman–Crippen LogP) is 3.64. The first-order chi connectivity index (χ1) is 15.2. The second-order valence-corrected chi connectivity index (χ2v) is 8.62. The molecule has 2 N–H and O–H groups in total. The van der Waals surface area contributed by atoms with E-state index >= 15 is 0 Å². The molecule has 0 aromatic heterocycles. The van der Waals surface area contributed by atoms with Gasteiger partial charge in [0.2, 0.25) is 0 Å². The second-order valence-electron chi connectivity index (χ2n) is 6.94. The van der Waals surface area contributed by atoms with Crippen LogP contribution < -0.4 is 14.8 Å². The van der Waals surface area contributed by atoms with Crippen molar-refractivity contribution in [1.29, 1.82) is 0 Å². The van der Waals surface area contributed by atoms with Gasteiger partial charge in [-0.15, -0.1) is 0 Å². The second kappa shape index (κ2) is 9.48. The molecule has 3 aromatic rings. The molecule has 1 amide bonds. The van der Waals surface area contributed by atoms with Gasteiger partial charge in [-0.3, -0.25) is 19.6 Å². The van der Waals surface area contributed by atoms with Crippen LogP contribution in [0.3, 0.4) is 0 Å². The molecule has 0 saturated heterocycles. The van der Waals surface area contributed by atoms with Gasteiger partial charge in [0.05, 0.1) is 22.6 Å². The van der Waals surface area contributed by atoms with E-state index in [9.17, 15) is 23.3 Å². The number of nitro groups is 1. The van der Waals surface area contributed by atoms with Gasteiger partial charge in [0.1, 0.15) is 5.75 Å². The van der Waals surface area contributed by atoms with Crippen molar-refractivity contribution in [3.05, 3.63) is 93.5 Å². The van der Waals surface area contributed by atoms with Crippen LogP contribution in [0.4, 0.5) is 11.4 Å². The summed E-state index contributed by atoms with van der Waals surface area (Å²) < 4.78 is 32.8. The molecule has 10 heteroatoms. The van der Waals surface area contributed by atoms with Crippen molar-refractivity contribution in [1.82, 2.24) is 5.32 Å². The summed E-state index contributed by atoms with van der Waals surface area (Å²) in [6.07, 6.45) is 0. The number of non-ortho nitro benzene ring substituents is 1. The summed E-state index contributed by atoms with van der Waals surface area (Å²) >= 11 is 0. The summed E-state index contributed by atoms with van der Waals surface area (Å²) in [4.78, 5) is 22.6. The molecule has 0 aliphatic rings. The lowest BCUT2D eigenvalue weighted by atomic mass is 10.1. The van der Waals surface area contributed by atoms with E-state index in [4.69, 9.17) is 4.74 Å². The molecule has 0 fully saturated rings. The van der Waals surface area contributed by atoms with E-state index in [0.717, 1.165) is 17.2 Å². The molecule has 3 aromatic carbocycles. The van der Waals surface area contributed by atoms with E-state index in [1.165, 1.54) is 43.5 Å².